The first-order valence-corrected chi connectivity index (χ1v) is 15.1. The van der Waals surface area contributed by atoms with Crippen LogP contribution in [0.5, 0.6) is 5.75 Å². The Hall–Kier alpha value is -4.54. The summed E-state index contributed by atoms with van der Waals surface area (Å²) in [5.41, 5.74) is 2.94. The van der Waals surface area contributed by atoms with Crippen molar-refractivity contribution in [3.05, 3.63) is 88.5 Å². The van der Waals surface area contributed by atoms with Crippen LogP contribution in [0, 0.1) is 25.5 Å². The number of esters is 1. The Morgan fingerprint density at radius 1 is 0.978 bits per heavy atom. The molecule has 4 aromatic rings. The van der Waals surface area contributed by atoms with Crippen LogP contribution >= 0.6 is 0 Å². The van der Waals surface area contributed by atoms with Gasteiger partial charge in [-0.2, -0.15) is 0 Å². The SMILES string of the molecule is COc1ccc(-c2ccc(C(=O)N3CCCC(n4cc(Cn5c(C)cc(C(=O)OC(C)(C)C)c5C)nn4)CC3)c(F)c2)c(F)c1. The first kappa shape index (κ1) is 31.9. The summed E-state index contributed by atoms with van der Waals surface area (Å²) in [4.78, 5) is 27.7. The van der Waals surface area contributed by atoms with Crippen molar-refractivity contribution in [2.45, 2.75) is 72.1 Å². The number of benzene rings is 2. The van der Waals surface area contributed by atoms with Gasteiger partial charge in [-0.25, -0.2) is 18.3 Å². The van der Waals surface area contributed by atoms with Crippen LogP contribution in [0.15, 0.2) is 48.7 Å². The number of likely N-dealkylation sites (tertiary alicyclic amines) is 1. The number of ether oxygens (including phenoxy) is 2. The Morgan fingerprint density at radius 3 is 2.44 bits per heavy atom. The molecule has 0 aliphatic carbocycles. The van der Waals surface area contributed by atoms with Crippen molar-refractivity contribution in [1.29, 1.82) is 0 Å². The van der Waals surface area contributed by atoms with Crippen molar-refractivity contribution in [3.63, 3.8) is 0 Å². The zero-order valence-corrected chi connectivity index (χ0v) is 26.6. The summed E-state index contributed by atoms with van der Waals surface area (Å²) in [5, 5.41) is 8.77. The highest BCUT2D eigenvalue weighted by molar-refractivity contribution is 5.95. The summed E-state index contributed by atoms with van der Waals surface area (Å²) >= 11 is 0. The third-order valence-electron chi connectivity index (χ3n) is 8.12. The Balaban J connectivity index is 1.23. The number of aryl methyl sites for hydroxylation is 1. The summed E-state index contributed by atoms with van der Waals surface area (Å²) < 4.78 is 44.2. The zero-order valence-electron chi connectivity index (χ0n) is 26.6. The first-order valence-electron chi connectivity index (χ1n) is 15.1. The van der Waals surface area contributed by atoms with Crippen LogP contribution in [0.4, 0.5) is 8.78 Å². The molecule has 1 atom stereocenters. The summed E-state index contributed by atoms with van der Waals surface area (Å²) in [5.74, 6) is -1.62. The lowest BCUT2D eigenvalue weighted by atomic mass is 10.0. The molecule has 1 amide bonds. The summed E-state index contributed by atoms with van der Waals surface area (Å²) in [6.07, 6.45) is 4.05. The van der Waals surface area contributed by atoms with Crippen LogP contribution in [0.1, 0.15) is 83.9 Å². The van der Waals surface area contributed by atoms with Crippen LogP contribution in [-0.4, -0.2) is 62.1 Å². The number of hydrogen-bond acceptors (Lipinski definition) is 6. The number of rotatable bonds is 7. The number of methoxy groups -OCH3 is 1. The Morgan fingerprint density at radius 2 is 1.76 bits per heavy atom. The molecule has 3 heterocycles. The molecule has 45 heavy (non-hydrogen) atoms. The van der Waals surface area contributed by atoms with Gasteiger partial charge >= 0.3 is 5.97 Å². The zero-order chi connectivity index (χ0) is 32.5. The molecule has 0 radical (unpaired) electrons. The number of halogens is 2. The molecule has 1 aliphatic heterocycles. The van der Waals surface area contributed by atoms with Gasteiger partial charge in [0.2, 0.25) is 0 Å². The molecule has 2 aromatic heterocycles. The van der Waals surface area contributed by atoms with Crippen LogP contribution in [0.25, 0.3) is 11.1 Å². The molecule has 1 saturated heterocycles. The van der Waals surface area contributed by atoms with E-state index in [2.05, 4.69) is 10.3 Å². The van der Waals surface area contributed by atoms with Gasteiger partial charge in [0.1, 0.15) is 28.7 Å². The van der Waals surface area contributed by atoms with Crippen LogP contribution in [0.2, 0.25) is 0 Å². The van der Waals surface area contributed by atoms with Gasteiger partial charge in [-0.3, -0.25) is 4.79 Å². The van der Waals surface area contributed by atoms with Gasteiger partial charge in [-0.05, 0) is 89.8 Å². The summed E-state index contributed by atoms with van der Waals surface area (Å²) in [6.45, 7) is 10.7. The molecule has 238 valence electrons. The fourth-order valence-corrected chi connectivity index (χ4v) is 5.74. The van der Waals surface area contributed by atoms with E-state index in [4.69, 9.17) is 9.47 Å². The monoisotopic (exact) mass is 619 g/mol. The topological polar surface area (TPSA) is 91.5 Å². The molecule has 0 bridgehead atoms. The van der Waals surface area contributed by atoms with E-state index in [0.717, 1.165) is 29.9 Å². The molecule has 2 aromatic carbocycles. The quantitative estimate of drug-likeness (QED) is 0.219. The van der Waals surface area contributed by atoms with E-state index in [1.54, 1.807) is 17.0 Å². The Kier molecular flexibility index (Phi) is 9.08. The maximum absolute atomic E-state index is 15.2. The third kappa shape index (κ3) is 7.08. The number of carbonyl (C=O) groups is 2. The molecule has 5 rings (SSSR count). The van der Waals surface area contributed by atoms with Gasteiger partial charge < -0.3 is 18.9 Å². The third-order valence-corrected chi connectivity index (χ3v) is 8.12. The number of nitrogens with zero attached hydrogens (tertiary/aromatic N) is 5. The van der Waals surface area contributed by atoms with Gasteiger partial charge in [0.05, 0.1) is 37.0 Å². The molecular weight excluding hydrogens is 580 g/mol. The molecule has 1 aliphatic rings. The van der Waals surface area contributed by atoms with E-state index in [1.807, 2.05) is 56.1 Å². The lowest BCUT2D eigenvalue weighted by Crippen LogP contribution is -2.32. The maximum Gasteiger partial charge on any atom is 0.340 e. The second-order valence-corrected chi connectivity index (χ2v) is 12.5. The largest absolute Gasteiger partial charge is 0.497 e. The normalized spacial score (nSPS) is 15.6. The van der Waals surface area contributed by atoms with Crippen molar-refractivity contribution in [1.82, 2.24) is 24.5 Å². The van der Waals surface area contributed by atoms with E-state index in [0.29, 0.717) is 42.9 Å². The van der Waals surface area contributed by atoms with Gasteiger partial charge in [-0.1, -0.05) is 11.3 Å². The fraction of sp³-hybridized carbons (Fsp3) is 0.412. The second kappa shape index (κ2) is 12.8. The first-order chi connectivity index (χ1) is 21.3. The predicted molar refractivity (Wildman–Crippen MR) is 165 cm³/mol. The number of carbonyl (C=O) groups excluding carboxylic acids is 2. The minimum absolute atomic E-state index is 0.0264. The number of hydrogen-bond donors (Lipinski definition) is 0. The van der Waals surface area contributed by atoms with Crippen LogP contribution in [0.3, 0.4) is 0 Å². The molecule has 0 saturated carbocycles. The second-order valence-electron chi connectivity index (χ2n) is 12.5. The van der Waals surface area contributed by atoms with Crippen molar-refractivity contribution in [2.24, 2.45) is 0 Å². The van der Waals surface area contributed by atoms with Crippen molar-refractivity contribution >= 4 is 11.9 Å². The standard InChI is InChI=1S/C34H39F2N5O4/c1-21-16-29(33(43)45-34(3,4)5)22(2)40(21)19-24-20-41(38-37-24)25-8-7-14-39(15-13-25)32(42)28-11-9-23(17-30(28)35)27-12-10-26(44-6)18-31(27)36/h9-12,16-18,20,25H,7-8,13-15,19H2,1-6H3. The highest BCUT2D eigenvalue weighted by atomic mass is 19.1. The minimum Gasteiger partial charge on any atom is -0.497 e. The van der Waals surface area contributed by atoms with E-state index < -0.39 is 23.1 Å². The Bertz CT molecular complexity index is 1720. The lowest BCUT2D eigenvalue weighted by Gasteiger charge is -2.21. The molecular formula is C34H39F2N5O4. The molecule has 0 N–H and O–H groups in total. The minimum atomic E-state index is -0.695. The molecule has 11 heteroatoms. The van der Waals surface area contributed by atoms with Gasteiger partial charge in [0.25, 0.3) is 5.91 Å². The van der Waals surface area contributed by atoms with Gasteiger partial charge in [0.15, 0.2) is 0 Å². The molecule has 0 spiro atoms. The maximum atomic E-state index is 15.2. The van der Waals surface area contributed by atoms with Crippen molar-refractivity contribution in [2.75, 3.05) is 20.2 Å². The van der Waals surface area contributed by atoms with E-state index in [1.165, 1.54) is 31.4 Å². The predicted octanol–water partition coefficient (Wildman–Crippen LogP) is 6.52. The molecule has 9 nitrogen and oxygen atoms in total. The van der Waals surface area contributed by atoms with E-state index in [9.17, 15) is 14.0 Å². The number of aromatic nitrogens is 4. The van der Waals surface area contributed by atoms with Gasteiger partial charge in [0, 0.05) is 36.1 Å². The van der Waals surface area contributed by atoms with Crippen molar-refractivity contribution < 1.29 is 27.8 Å². The average Bonchev–Trinajstić information content (AvgIpc) is 3.46. The fourth-order valence-electron chi connectivity index (χ4n) is 5.74. The van der Waals surface area contributed by atoms with E-state index in [-0.39, 0.29) is 23.1 Å². The molecule has 1 fully saturated rings. The van der Waals surface area contributed by atoms with E-state index >= 15 is 4.39 Å². The highest BCUT2D eigenvalue weighted by Crippen LogP contribution is 2.29. The smallest absolute Gasteiger partial charge is 0.340 e. The summed E-state index contributed by atoms with van der Waals surface area (Å²) in [7, 11) is 1.45. The Labute approximate surface area is 261 Å². The lowest BCUT2D eigenvalue weighted by molar-refractivity contribution is 0.00684. The summed E-state index contributed by atoms with van der Waals surface area (Å²) in [6, 6.07) is 10.4. The van der Waals surface area contributed by atoms with Crippen molar-refractivity contribution in [3.8, 4) is 16.9 Å². The molecule has 1 unspecified atom stereocenters. The number of amides is 1. The highest BCUT2D eigenvalue weighted by Gasteiger charge is 2.26. The average molecular weight is 620 g/mol. The van der Waals surface area contributed by atoms with Gasteiger partial charge in [-0.15, -0.1) is 5.10 Å². The van der Waals surface area contributed by atoms with Crippen LogP contribution < -0.4 is 4.74 Å². The van der Waals surface area contributed by atoms with Crippen LogP contribution in [-0.2, 0) is 11.3 Å².